The van der Waals surface area contributed by atoms with Gasteiger partial charge in [-0.1, -0.05) is 0 Å². The predicted molar refractivity (Wildman–Crippen MR) is 34.5 cm³/mol. The van der Waals surface area contributed by atoms with Gasteiger partial charge in [-0.2, -0.15) is 9.83 Å². The van der Waals surface area contributed by atoms with Gasteiger partial charge in [0.15, 0.2) is 12.9 Å². The molecule has 0 saturated heterocycles. The normalized spacial score (nSPS) is 9.00. The second-order valence-corrected chi connectivity index (χ2v) is 1.79. The fraction of sp³-hybridized carbons (Fsp3) is 0.200. The van der Waals surface area contributed by atoms with Gasteiger partial charge in [-0.05, 0) is 4.92 Å². The van der Waals surface area contributed by atoms with Crippen molar-refractivity contribution >= 4 is 5.82 Å². The van der Waals surface area contributed by atoms with Crippen LogP contribution in [-0.4, -0.2) is 14.5 Å². The molecule has 0 unspecified atom stereocenters. The Hall–Kier alpha value is -1.90. The Kier molecular flexibility index (Phi) is 1.83. The number of rotatable bonds is 2. The molecule has 6 nitrogen and oxygen atoms in total. The van der Waals surface area contributed by atoms with E-state index in [1.165, 1.54) is 10.9 Å². The molecule has 1 aromatic heterocycles. The summed E-state index contributed by atoms with van der Waals surface area (Å²) in [5.41, 5.74) is 0. The lowest BCUT2D eigenvalue weighted by Gasteiger charge is -1.92. The Bertz CT molecular complexity index is 311. The summed E-state index contributed by atoms with van der Waals surface area (Å²) in [4.78, 5) is 13.1. The summed E-state index contributed by atoms with van der Waals surface area (Å²) in [5, 5.41) is 18.4. The van der Waals surface area contributed by atoms with Crippen molar-refractivity contribution in [1.29, 1.82) is 5.26 Å². The summed E-state index contributed by atoms with van der Waals surface area (Å²) < 4.78 is 1.17. The Morgan fingerprint density at radius 1 is 1.91 bits per heavy atom. The number of nitro groups is 1. The van der Waals surface area contributed by atoms with Gasteiger partial charge < -0.3 is 10.1 Å². The number of aromatic nitrogens is 2. The van der Waals surface area contributed by atoms with Crippen molar-refractivity contribution in [2.24, 2.45) is 0 Å². The zero-order valence-corrected chi connectivity index (χ0v) is 5.47. The minimum Gasteiger partial charge on any atom is -0.358 e. The van der Waals surface area contributed by atoms with Gasteiger partial charge in [0.05, 0.1) is 0 Å². The standard InChI is InChI=1S/C5H4N4O2/c6-1-2-8-4-7-3-5(8)9(10)11/h3-4H,2H2. The van der Waals surface area contributed by atoms with Gasteiger partial charge in [-0.25, -0.2) is 4.98 Å². The van der Waals surface area contributed by atoms with Crippen molar-refractivity contribution in [2.45, 2.75) is 6.54 Å². The van der Waals surface area contributed by atoms with Crippen LogP contribution in [0.5, 0.6) is 0 Å². The van der Waals surface area contributed by atoms with Crippen LogP contribution in [0.25, 0.3) is 0 Å². The van der Waals surface area contributed by atoms with Crippen molar-refractivity contribution < 1.29 is 4.92 Å². The van der Waals surface area contributed by atoms with E-state index in [9.17, 15) is 10.1 Å². The molecule has 1 heterocycles. The first-order valence-electron chi connectivity index (χ1n) is 2.77. The van der Waals surface area contributed by atoms with Gasteiger partial charge in [0.25, 0.3) is 0 Å². The molecule has 0 saturated carbocycles. The molecule has 6 heteroatoms. The van der Waals surface area contributed by atoms with Crippen LogP contribution in [0.1, 0.15) is 0 Å². The number of hydrogen-bond acceptors (Lipinski definition) is 4. The highest BCUT2D eigenvalue weighted by Crippen LogP contribution is 2.07. The van der Waals surface area contributed by atoms with Crippen molar-refractivity contribution in [3.63, 3.8) is 0 Å². The van der Waals surface area contributed by atoms with Gasteiger partial charge in [-0.15, -0.1) is 0 Å². The third kappa shape index (κ3) is 1.32. The van der Waals surface area contributed by atoms with E-state index in [1.54, 1.807) is 6.07 Å². The molecule has 11 heavy (non-hydrogen) atoms. The molecule has 0 spiro atoms. The summed E-state index contributed by atoms with van der Waals surface area (Å²) in [7, 11) is 0. The van der Waals surface area contributed by atoms with Gasteiger partial charge in [-0.3, -0.25) is 0 Å². The minimum absolute atomic E-state index is 0.0453. The molecule has 56 valence electrons. The Labute approximate surface area is 61.8 Å². The van der Waals surface area contributed by atoms with E-state index in [1.807, 2.05) is 0 Å². The van der Waals surface area contributed by atoms with Crippen LogP contribution in [0.2, 0.25) is 0 Å². The molecule has 0 amide bonds. The van der Waals surface area contributed by atoms with Gasteiger partial charge in [0, 0.05) is 0 Å². The first kappa shape index (κ1) is 7.21. The summed E-state index contributed by atoms with van der Waals surface area (Å²) in [5.74, 6) is -0.161. The average molecular weight is 152 g/mol. The Morgan fingerprint density at radius 2 is 2.64 bits per heavy atom. The lowest BCUT2D eigenvalue weighted by atomic mass is 10.6. The van der Waals surface area contributed by atoms with Crippen molar-refractivity contribution in [3.8, 4) is 6.07 Å². The molecule has 0 aliphatic rings. The monoisotopic (exact) mass is 152 g/mol. The number of nitriles is 1. The number of imidazole rings is 1. The molecule has 0 aliphatic carbocycles. The van der Waals surface area contributed by atoms with Crippen LogP contribution in [0.3, 0.4) is 0 Å². The van der Waals surface area contributed by atoms with E-state index >= 15 is 0 Å². The zero-order valence-electron chi connectivity index (χ0n) is 5.47. The third-order valence-electron chi connectivity index (χ3n) is 1.12. The summed E-state index contributed by atoms with van der Waals surface area (Å²) >= 11 is 0. The smallest absolute Gasteiger partial charge is 0.343 e. The average Bonchev–Trinajstić information content (AvgIpc) is 2.36. The molecule has 0 aromatic carbocycles. The molecule has 1 aromatic rings. The molecule has 1 rings (SSSR count). The van der Waals surface area contributed by atoms with Crippen LogP contribution in [0.4, 0.5) is 5.82 Å². The van der Waals surface area contributed by atoms with Gasteiger partial charge in [0.1, 0.15) is 12.3 Å². The molecular weight excluding hydrogens is 148 g/mol. The lowest BCUT2D eigenvalue weighted by molar-refractivity contribution is -0.392. The van der Waals surface area contributed by atoms with Crippen molar-refractivity contribution in [1.82, 2.24) is 9.55 Å². The van der Waals surface area contributed by atoms with E-state index in [4.69, 9.17) is 5.26 Å². The second kappa shape index (κ2) is 2.79. The predicted octanol–water partition coefficient (Wildman–Crippen LogP) is 0.315. The first-order chi connectivity index (χ1) is 5.25. The molecular formula is C5H4N4O2. The maximum absolute atomic E-state index is 10.2. The molecule has 0 fully saturated rings. The topological polar surface area (TPSA) is 84.8 Å². The maximum atomic E-state index is 10.2. The van der Waals surface area contributed by atoms with E-state index in [-0.39, 0.29) is 12.4 Å². The fourth-order valence-corrected chi connectivity index (χ4v) is 0.664. The molecule has 0 aliphatic heterocycles. The Balaban J connectivity index is 2.98. The Morgan fingerprint density at radius 3 is 3.18 bits per heavy atom. The lowest BCUT2D eigenvalue weighted by Crippen LogP contribution is -1.99. The highest BCUT2D eigenvalue weighted by molar-refractivity contribution is 5.15. The maximum Gasteiger partial charge on any atom is 0.343 e. The summed E-state index contributed by atoms with van der Waals surface area (Å²) in [6.07, 6.45) is 2.36. The first-order valence-corrected chi connectivity index (χ1v) is 2.77. The summed E-state index contributed by atoms with van der Waals surface area (Å²) in [6.45, 7) is -0.0453. The van der Waals surface area contributed by atoms with Crippen LogP contribution in [-0.2, 0) is 6.54 Å². The highest BCUT2D eigenvalue weighted by atomic mass is 16.6. The quantitative estimate of drug-likeness (QED) is 0.451. The van der Waals surface area contributed by atoms with E-state index in [2.05, 4.69) is 4.98 Å². The molecule has 0 atom stereocenters. The van der Waals surface area contributed by atoms with Crippen LogP contribution >= 0.6 is 0 Å². The summed E-state index contributed by atoms with van der Waals surface area (Å²) in [6, 6.07) is 1.78. The van der Waals surface area contributed by atoms with E-state index in [0.29, 0.717) is 0 Å². The fourth-order valence-electron chi connectivity index (χ4n) is 0.664. The SMILES string of the molecule is N#CCn1cncc1[N+](=O)[O-]. The molecule has 0 radical (unpaired) electrons. The van der Waals surface area contributed by atoms with E-state index in [0.717, 1.165) is 6.20 Å². The zero-order chi connectivity index (χ0) is 8.27. The van der Waals surface area contributed by atoms with Crippen molar-refractivity contribution in [3.05, 3.63) is 22.6 Å². The van der Waals surface area contributed by atoms with Crippen LogP contribution in [0, 0.1) is 21.4 Å². The number of nitrogens with zero attached hydrogens (tertiary/aromatic N) is 4. The van der Waals surface area contributed by atoms with Gasteiger partial charge in [0.2, 0.25) is 0 Å². The van der Waals surface area contributed by atoms with Crippen LogP contribution < -0.4 is 0 Å². The van der Waals surface area contributed by atoms with E-state index < -0.39 is 4.92 Å². The van der Waals surface area contributed by atoms with Gasteiger partial charge >= 0.3 is 5.82 Å². The third-order valence-corrected chi connectivity index (χ3v) is 1.12. The number of hydrogen-bond donors (Lipinski definition) is 0. The second-order valence-electron chi connectivity index (χ2n) is 1.79. The molecule has 0 N–H and O–H groups in total. The minimum atomic E-state index is -0.579. The molecule has 0 bridgehead atoms. The highest BCUT2D eigenvalue weighted by Gasteiger charge is 2.10. The van der Waals surface area contributed by atoms with Crippen LogP contribution in [0.15, 0.2) is 12.5 Å². The largest absolute Gasteiger partial charge is 0.358 e. The van der Waals surface area contributed by atoms with Crippen molar-refractivity contribution in [2.75, 3.05) is 0 Å².